The maximum absolute atomic E-state index is 12.3. The Morgan fingerprint density at radius 1 is 1.24 bits per heavy atom. The van der Waals surface area contributed by atoms with Gasteiger partial charge in [-0.05, 0) is 43.5 Å². The first-order valence-corrected chi connectivity index (χ1v) is 9.84. The molecule has 0 spiro atoms. The van der Waals surface area contributed by atoms with Crippen LogP contribution in [0, 0.1) is 0 Å². The summed E-state index contributed by atoms with van der Waals surface area (Å²) in [6.45, 7) is 4.29. The number of thiophene rings is 1. The van der Waals surface area contributed by atoms with Gasteiger partial charge in [-0.1, -0.05) is 25.5 Å². The number of ether oxygens (including phenoxy) is 1. The van der Waals surface area contributed by atoms with Crippen molar-refractivity contribution in [2.45, 2.75) is 32.3 Å². The number of anilines is 1. The molecule has 1 aliphatic rings. The van der Waals surface area contributed by atoms with E-state index in [0.29, 0.717) is 6.54 Å². The van der Waals surface area contributed by atoms with Crippen molar-refractivity contribution >= 4 is 22.9 Å². The third-order valence-corrected chi connectivity index (χ3v) is 5.46. The first-order chi connectivity index (χ1) is 12.2. The molecule has 0 radical (unpaired) electrons. The van der Waals surface area contributed by atoms with Crippen molar-refractivity contribution in [1.29, 1.82) is 0 Å². The Morgan fingerprint density at radius 2 is 2.12 bits per heavy atom. The monoisotopic (exact) mass is 358 g/mol. The molecule has 1 atom stereocenters. The number of unbranched alkanes of at least 4 members (excludes halogenated alkanes) is 1. The molecule has 3 rings (SSSR count). The Morgan fingerprint density at radius 3 is 2.84 bits per heavy atom. The Kier molecular flexibility index (Phi) is 6.10. The van der Waals surface area contributed by atoms with E-state index in [2.05, 4.69) is 29.3 Å². The molecule has 25 heavy (non-hydrogen) atoms. The predicted octanol–water partition coefficient (Wildman–Crippen LogP) is 4.34. The molecule has 2 heterocycles. The summed E-state index contributed by atoms with van der Waals surface area (Å²) in [5, 5.41) is 2.09. The molecule has 1 unspecified atom stereocenters. The Hall–Kier alpha value is -1.85. The Labute approximate surface area is 154 Å². The van der Waals surface area contributed by atoms with Crippen molar-refractivity contribution in [2.24, 2.45) is 0 Å². The van der Waals surface area contributed by atoms with Crippen LogP contribution in [0.2, 0.25) is 0 Å². The van der Waals surface area contributed by atoms with E-state index in [-0.39, 0.29) is 12.0 Å². The average Bonchev–Trinajstić information content (AvgIpc) is 3.13. The minimum atomic E-state index is 0.0818. The summed E-state index contributed by atoms with van der Waals surface area (Å²) in [5.41, 5.74) is 0.927. The number of carbonyl (C=O) groups excluding carboxylic acids is 1. The van der Waals surface area contributed by atoms with Gasteiger partial charge in [0.05, 0.1) is 6.54 Å². The molecule has 1 aliphatic heterocycles. The van der Waals surface area contributed by atoms with Crippen LogP contribution in [0.3, 0.4) is 0 Å². The van der Waals surface area contributed by atoms with Gasteiger partial charge in [0.25, 0.3) is 0 Å². The largest absolute Gasteiger partial charge is 0.485 e. The molecule has 4 nitrogen and oxygen atoms in total. The zero-order chi connectivity index (χ0) is 17.6. The van der Waals surface area contributed by atoms with Gasteiger partial charge >= 0.3 is 0 Å². The van der Waals surface area contributed by atoms with Crippen LogP contribution in [0.1, 0.15) is 37.2 Å². The zero-order valence-electron chi connectivity index (χ0n) is 15.0. The average molecular weight is 359 g/mol. The first-order valence-electron chi connectivity index (χ1n) is 8.96. The summed E-state index contributed by atoms with van der Waals surface area (Å²) < 4.78 is 6.31. The molecule has 1 aromatic heterocycles. The number of rotatable bonds is 7. The van der Waals surface area contributed by atoms with Crippen LogP contribution in [0.25, 0.3) is 0 Å². The van der Waals surface area contributed by atoms with Crippen molar-refractivity contribution in [3.8, 4) is 5.75 Å². The van der Waals surface area contributed by atoms with Gasteiger partial charge in [0.1, 0.15) is 11.9 Å². The molecule has 0 bridgehead atoms. The van der Waals surface area contributed by atoms with Crippen LogP contribution in [-0.2, 0) is 4.79 Å². The van der Waals surface area contributed by atoms with E-state index >= 15 is 0 Å². The summed E-state index contributed by atoms with van der Waals surface area (Å²) in [4.78, 5) is 17.5. The quantitative estimate of drug-likeness (QED) is 0.738. The van der Waals surface area contributed by atoms with Crippen molar-refractivity contribution in [3.63, 3.8) is 0 Å². The number of piperazine rings is 1. The van der Waals surface area contributed by atoms with Crippen LogP contribution in [0.15, 0.2) is 41.8 Å². The molecule has 1 aromatic carbocycles. The van der Waals surface area contributed by atoms with Gasteiger partial charge < -0.3 is 9.64 Å². The lowest BCUT2D eigenvalue weighted by molar-refractivity contribution is -0.120. The lowest BCUT2D eigenvalue weighted by Gasteiger charge is -2.32. The topological polar surface area (TPSA) is 32.8 Å². The predicted molar refractivity (Wildman–Crippen MR) is 104 cm³/mol. The maximum Gasteiger partial charge on any atom is 0.241 e. The molecule has 1 amide bonds. The summed E-state index contributed by atoms with van der Waals surface area (Å²) in [5.74, 6) is 0.977. The molecule has 1 saturated heterocycles. The van der Waals surface area contributed by atoms with E-state index in [1.165, 1.54) is 4.88 Å². The van der Waals surface area contributed by atoms with Gasteiger partial charge in [0, 0.05) is 29.7 Å². The van der Waals surface area contributed by atoms with Crippen molar-refractivity contribution in [1.82, 2.24) is 4.90 Å². The van der Waals surface area contributed by atoms with E-state index in [4.69, 9.17) is 4.74 Å². The fourth-order valence-electron chi connectivity index (χ4n) is 3.08. The SMILES string of the molecule is CCCCC(Oc1cccc(N2CCN(C)CC2=O)c1)c1cccs1. The number of carbonyl (C=O) groups is 1. The summed E-state index contributed by atoms with van der Waals surface area (Å²) in [6, 6.07) is 12.1. The highest BCUT2D eigenvalue weighted by Crippen LogP contribution is 2.31. The Bertz CT molecular complexity index is 687. The van der Waals surface area contributed by atoms with E-state index in [1.54, 1.807) is 11.3 Å². The van der Waals surface area contributed by atoms with Crippen molar-refractivity contribution in [3.05, 3.63) is 46.7 Å². The van der Waals surface area contributed by atoms with Gasteiger partial charge in [-0.2, -0.15) is 0 Å². The fourth-order valence-corrected chi connectivity index (χ4v) is 3.87. The van der Waals surface area contributed by atoms with E-state index in [9.17, 15) is 4.79 Å². The molecular weight excluding hydrogens is 332 g/mol. The van der Waals surface area contributed by atoms with Crippen LogP contribution in [-0.4, -0.2) is 37.5 Å². The molecule has 5 heteroatoms. The van der Waals surface area contributed by atoms with Gasteiger partial charge in [-0.25, -0.2) is 0 Å². The van der Waals surface area contributed by atoms with Crippen LogP contribution in [0.4, 0.5) is 5.69 Å². The van der Waals surface area contributed by atoms with Crippen molar-refractivity contribution in [2.75, 3.05) is 31.6 Å². The van der Waals surface area contributed by atoms with Gasteiger partial charge in [-0.15, -0.1) is 11.3 Å². The highest BCUT2D eigenvalue weighted by molar-refractivity contribution is 7.10. The van der Waals surface area contributed by atoms with Gasteiger partial charge in [0.15, 0.2) is 0 Å². The standard InChI is InChI=1S/C20H26N2O2S/c1-3-4-9-18(19-10-6-13-25-19)24-17-8-5-7-16(14-17)22-12-11-21(2)15-20(22)23/h5-8,10,13-14,18H,3-4,9,11-12,15H2,1-2H3. The van der Waals surface area contributed by atoms with Crippen LogP contribution < -0.4 is 9.64 Å². The minimum Gasteiger partial charge on any atom is -0.485 e. The van der Waals surface area contributed by atoms with Crippen LogP contribution >= 0.6 is 11.3 Å². The molecule has 0 aliphatic carbocycles. The molecule has 0 N–H and O–H groups in total. The molecule has 134 valence electrons. The number of hydrogen-bond acceptors (Lipinski definition) is 4. The number of likely N-dealkylation sites (N-methyl/N-ethyl adjacent to an activating group) is 1. The molecule has 2 aromatic rings. The number of amides is 1. The number of nitrogens with zero attached hydrogens (tertiary/aromatic N) is 2. The summed E-state index contributed by atoms with van der Waals surface area (Å²) in [7, 11) is 1.98. The number of hydrogen-bond donors (Lipinski definition) is 0. The molecule has 0 saturated carbocycles. The summed E-state index contributed by atoms with van der Waals surface area (Å²) in [6.07, 6.45) is 3.38. The highest BCUT2D eigenvalue weighted by Gasteiger charge is 2.23. The van der Waals surface area contributed by atoms with E-state index in [1.807, 2.05) is 36.2 Å². The van der Waals surface area contributed by atoms with Crippen molar-refractivity contribution < 1.29 is 9.53 Å². The maximum atomic E-state index is 12.3. The second-order valence-corrected chi connectivity index (χ2v) is 7.52. The number of benzene rings is 1. The Balaban J connectivity index is 1.75. The zero-order valence-corrected chi connectivity index (χ0v) is 15.8. The first kappa shape index (κ1) is 18.0. The van der Waals surface area contributed by atoms with Gasteiger partial charge in [-0.3, -0.25) is 9.69 Å². The fraction of sp³-hybridized carbons (Fsp3) is 0.450. The third kappa shape index (κ3) is 4.61. The smallest absolute Gasteiger partial charge is 0.241 e. The normalized spacial score (nSPS) is 16.9. The second-order valence-electron chi connectivity index (χ2n) is 6.54. The second kappa shape index (κ2) is 8.50. The molecular formula is C20H26N2O2S. The lowest BCUT2D eigenvalue weighted by Crippen LogP contribution is -2.48. The van der Waals surface area contributed by atoms with Gasteiger partial charge in [0.2, 0.25) is 5.91 Å². The summed E-state index contributed by atoms with van der Waals surface area (Å²) >= 11 is 1.74. The molecule has 1 fully saturated rings. The lowest BCUT2D eigenvalue weighted by atomic mass is 10.1. The van der Waals surface area contributed by atoms with Crippen LogP contribution in [0.5, 0.6) is 5.75 Å². The third-order valence-electron chi connectivity index (χ3n) is 4.50. The van der Waals surface area contributed by atoms with E-state index in [0.717, 1.165) is 43.8 Å². The highest BCUT2D eigenvalue weighted by atomic mass is 32.1. The van der Waals surface area contributed by atoms with E-state index < -0.39 is 0 Å². The minimum absolute atomic E-state index is 0.0818.